The van der Waals surface area contributed by atoms with E-state index >= 15 is 0 Å². The fraction of sp³-hybridized carbons (Fsp3) is 0.263. The van der Waals surface area contributed by atoms with E-state index in [1.807, 2.05) is 31.2 Å². The third kappa shape index (κ3) is 4.31. The largest absolute Gasteiger partial charge is 0.324 e. The number of hydrogen-bond acceptors (Lipinski definition) is 2. The summed E-state index contributed by atoms with van der Waals surface area (Å²) < 4.78 is 0. The van der Waals surface area contributed by atoms with Crippen molar-refractivity contribution in [3.8, 4) is 0 Å². The zero-order chi connectivity index (χ0) is 17.8. The number of rotatable bonds is 3. The predicted octanol–water partition coefficient (Wildman–Crippen LogP) is 4.28. The Hall–Kier alpha value is -2.53. The second kappa shape index (κ2) is 7.57. The second-order valence-corrected chi connectivity index (χ2v) is 6.58. The van der Waals surface area contributed by atoms with Crippen LogP contribution in [-0.4, -0.2) is 29.4 Å². The van der Waals surface area contributed by atoms with Crippen molar-refractivity contribution in [3.63, 3.8) is 0 Å². The number of anilines is 2. The molecular formula is C19H20ClN3O2. The lowest BCUT2D eigenvalue weighted by Gasteiger charge is -2.24. The van der Waals surface area contributed by atoms with Crippen molar-refractivity contribution in [1.82, 2.24) is 4.90 Å². The van der Waals surface area contributed by atoms with E-state index in [9.17, 15) is 9.59 Å². The molecule has 2 aromatic rings. The minimum atomic E-state index is -0.472. The SMILES string of the molecule is Cc1ccc(NC(=O)C2CCCN2C(=O)Nc2cccc(Cl)c2)cc1. The van der Waals surface area contributed by atoms with Crippen LogP contribution >= 0.6 is 11.6 Å². The first-order valence-corrected chi connectivity index (χ1v) is 8.61. The van der Waals surface area contributed by atoms with Gasteiger partial charge in [0, 0.05) is 22.9 Å². The summed E-state index contributed by atoms with van der Waals surface area (Å²) in [7, 11) is 0. The predicted molar refractivity (Wildman–Crippen MR) is 100 cm³/mol. The number of carbonyl (C=O) groups excluding carboxylic acids is 2. The number of urea groups is 1. The van der Waals surface area contributed by atoms with Crippen LogP contribution in [-0.2, 0) is 4.79 Å². The molecule has 0 aliphatic carbocycles. The molecule has 0 aromatic heterocycles. The standard InChI is InChI=1S/C19H20ClN3O2/c1-13-7-9-15(10-8-13)21-18(24)17-6-3-11-23(17)19(25)22-16-5-2-4-14(20)12-16/h2,4-5,7-10,12,17H,3,6,11H2,1H3,(H,21,24)(H,22,25). The van der Waals surface area contributed by atoms with Gasteiger partial charge in [0.05, 0.1) is 0 Å². The smallest absolute Gasteiger partial charge is 0.322 e. The fourth-order valence-electron chi connectivity index (χ4n) is 2.91. The third-order valence-electron chi connectivity index (χ3n) is 4.21. The first kappa shape index (κ1) is 17.3. The number of carbonyl (C=O) groups is 2. The number of hydrogen-bond donors (Lipinski definition) is 2. The molecule has 5 nitrogen and oxygen atoms in total. The van der Waals surface area contributed by atoms with Gasteiger partial charge in [0.15, 0.2) is 0 Å². The monoisotopic (exact) mass is 357 g/mol. The Kier molecular flexibility index (Phi) is 5.24. The number of amides is 3. The third-order valence-corrected chi connectivity index (χ3v) is 4.45. The molecule has 1 atom stereocenters. The van der Waals surface area contributed by atoms with E-state index in [-0.39, 0.29) is 11.9 Å². The molecule has 1 fully saturated rings. The molecule has 2 aromatic carbocycles. The Bertz CT molecular complexity index is 776. The van der Waals surface area contributed by atoms with Crippen LogP contribution in [0.2, 0.25) is 5.02 Å². The molecular weight excluding hydrogens is 338 g/mol. The van der Waals surface area contributed by atoms with Gasteiger partial charge in [0.2, 0.25) is 5.91 Å². The first-order chi connectivity index (χ1) is 12.0. The highest BCUT2D eigenvalue weighted by Crippen LogP contribution is 2.22. The average Bonchev–Trinajstić information content (AvgIpc) is 3.07. The van der Waals surface area contributed by atoms with E-state index in [1.165, 1.54) is 0 Å². The number of nitrogens with zero attached hydrogens (tertiary/aromatic N) is 1. The summed E-state index contributed by atoms with van der Waals surface area (Å²) in [5.41, 5.74) is 2.47. The van der Waals surface area contributed by atoms with Crippen molar-refractivity contribution < 1.29 is 9.59 Å². The molecule has 0 saturated carbocycles. The molecule has 0 spiro atoms. The molecule has 6 heteroatoms. The van der Waals surface area contributed by atoms with Crippen LogP contribution in [0.5, 0.6) is 0 Å². The van der Waals surface area contributed by atoms with Crippen LogP contribution in [0.25, 0.3) is 0 Å². The first-order valence-electron chi connectivity index (χ1n) is 8.23. The van der Waals surface area contributed by atoms with Gasteiger partial charge in [-0.25, -0.2) is 4.79 Å². The summed E-state index contributed by atoms with van der Waals surface area (Å²) in [4.78, 5) is 26.7. The van der Waals surface area contributed by atoms with Gasteiger partial charge in [0.25, 0.3) is 0 Å². The molecule has 25 heavy (non-hydrogen) atoms. The lowest BCUT2D eigenvalue weighted by atomic mass is 10.2. The molecule has 0 radical (unpaired) electrons. The summed E-state index contributed by atoms with van der Waals surface area (Å²) in [6.07, 6.45) is 1.45. The zero-order valence-electron chi connectivity index (χ0n) is 14.0. The highest BCUT2D eigenvalue weighted by molar-refractivity contribution is 6.30. The van der Waals surface area contributed by atoms with E-state index in [4.69, 9.17) is 11.6 Å². The summed E-state index contributed by atoms with van der Waals surface area (Å²) in [5.74, 6) is -0.164. The van der Waals surface area contributed by atoms with Crippen molar-refractivity contribution >= 4 is 34.9 Å². The van der Waals surface area contributed by atoms with Crippen LogP contribution in [0, 0.1) is 6.92 Å². The van der Waals surface area contributed by atoms with Gasteiger partial charge in [-0.2, -0.15) is 0 Å². The summed E-state index contributed by atoms with van der Waals surface area (Å²) >= 11 is 5.94. The van der Waals surface area contributed by atoms with E-state index in [0.29, 0.717) is 23.7 Å². The van der Waals surface area contributed by atoms with Crippen LogP contribution in [0.15, 0.2) is 48.5 Å². The Balaban J connectivity index is 1.65. The van der Waals surface area contributed by atoms with Crippen molar-refractivity contribution in [3.05, 3.63) is 59.1 Å². The number of aryl methyl sites for hydroxylation is 1. The topological polar surface area (TPSA) is 61.4 Å². The molecule has 1 aliphatic rings. The summed E-state index contributed by atoms with van der Waals surface area (Å²) in [6, 6.07) is 13.8. The van der Waals surface area contributed by atoms with Crippen molar-refractivity contribution in [2.24, 2.45) is 0 Å². The molecule has 1 aliphatic heterocycles. The average molecular weight is 358 g/mol. The Labute approximate surface area is 152 Å². The highest BCUT2D eigenvalue weighted by atomic mass is 35.5. The van der Waals surface area contributed by atoms with E-state index in [1.54, 1.807) is 29.2 Å². The van der Waals surface area contributed by atoms with Gasteiger partial charge in [0.1, 0.15) is 6.04 Å². The molecule has 1 heterocycles. The highest BCUT2D eigenvalue weighted by Gasteiger charge is 2.34. The summed E-state index contributed by atoms with van der Waals surface area (Å²) in [6.45, 7) is 2.54. The maximum Gasteiger partial charge on any atom is 0.322 e. The van der Waals surface area contributed by atoms with Gasteiger partial charge in [-0.15, -0.1) is 0 Å². The van der Waals surface area contributed by atoms with Crippen molar-refractivity contribution in [1.29, 1.82) is 0 Å². The minimum absolute atomic E-state index is 0.164. The van der Waals surface area contributed by atoms with E-state index in [0.717, 1.165) is 17.7 Å². The van der Waals surface area contributed by atoms with Gasteiger partial charge in [-0.3, -0.25) is 4.79 Å². The number of benzene rings is 2. The normalized spacial score (nSPS) is 16.6. The van der Waals surface area contributed by atoms with Crippen LogP contribution in [0.1, 0.15) is 18.4 Å². The molecule has 1 unspecified atom stereocenters. The second-order valence-electron chi connectivity index (χ2n) is 6.15. The number of halogens is 1. The van der Waals surface area contributed by atoms with E-state index in [2.05, 4.69) is 10.6 Å². The molecule has 3 rings (SSSR count). The quantitative estimate of drug-likeness (QED) is 0.861. The van der Waals surface area contributed by atoms with Gasteiger partial charge in [-0.05, 0) is 50.1 Å². The number of nitrogens with one attached hydrogen (secondary N) is 2. The Morgan fingerprint density at radius 3 is 2.56 bits per heavy atom. The number of likely N-dealkylation sites (tertiary alicyclic amines) is 1. The van der Waals surface area contributed by atoms with E-state index < -0.39 is 6.04 Å². The molecule has 3 amide bonds. The molecule has 2 N–H and O–H groups in total. The molecule has 130 valence electrons. The van der Waals surface area contributed by atoms with Gasteiger partial charge in [-0.1, -0.05) is 35.4 Å². The van der Waals surface area contributed by atoms with Crippen molar-refractivity contribution in [2.45, 2.75) is 25.8 Å². The maximum atomic E-state index is 12.6. The molecule has 0 bridgehead atoms. The van der Waals surface area contributed by atoms with Crippen LogP contribution in [0.4, 0.5) is 16.2 Å². The van der Waals surface area contributed by atoms with Crippen LogP contribution in [0.3, 0.4) is 0 Å². The Morgan fingerprint density at radius 2 is 1.84 bits per heavy atom. The lowest BCUT2D eigenvalue weighted by Crippen LogP contribution is -2.45. The van der Waals surface area contributed by atoms with Gasteiger partial charge < -0.3 is 15.5 Å². The maximum absolute atomic E-state index is 12.6. The Morgan fingerprint density at radius 1 is 1.08 bits per heavy atom. The van der Waals surface area contributed by atoms with Crippen LogP contribution < -0.4 is 10.6 Å². The summed E-state index contributed by atoms with van der Waals surface area (Å²) in [5, 5.41) is 6.24. The van der Waals surface area contributed by atoms with Crippen molar-refractivity contribution in [2.75, 3.05) is 17.2 Å². The minimum Gasteiger partial charge on any atom is -0.324 e. The zero-order valence-corrected chi connectivity index (χ0v) is 14.7. The molecule has 1 saturated heterocycles. The fourth-order valence-corrected chi connectivity index (χ4v) is 3.10. The van der Waals surface area contributed by atoms with Gasteiger partial charge >= 0.3 is 6.03 Å². The lowest BCUT2D eigenvalue weighted by molar-refractivity contribution is -0.119.